The van der Waals surface area contributed by atoms with Crippen LogP contribution in [0, 0.1) is 13.8 Å². The maximum absolute atomic E-state index is 11.7. The lowest BCUT2D eigenvalue weighted by Gasteiger charge is -2.17. The van der Waals surface area contributed by atoms with E-state index >= 15 is 0 Å². The van der Waals surface area contributed by atoms with Crippen LogP contribution in [0.2, 0.25) is 0 Å². The number of hydrogen-bond donors (Lipinski definition) is 1. The first-order valence-electron chi connectivity index (χ1n) is 8.65. The van der Waals surface area contributed by atoms with Crippen LogP contribution >= 0.6 is 12.6 Å². The zero-order chi connectivity index (χ0) is 18.4. The number of carbonyl (C=O) groups excluding carboxylic acids is 1. The van der Waals surface area contributed by atoms with Crippen molar-refractivity contribution in [3.05, 3.63) is 58.1 Å². The lowest BCUT2D eigenvalue weighted by molar-refractivity contribution is -0.134. The topological polar surface area (TPSA) is 35.5 Å². The van der Waals surface area contributed by atoms with Crippen molar-refractivity contribution in [1.82, 2.24) is 0 Å². The molecular formula is C21H26O3S. The number of benzene rings is 2. The van der Waals surface area contributed by atoms with Gasteiger partial charge in [-0.15, -0.1) is 0 Å². The van der Waals surface area contributed by atoms with Crippen molar-refractivity contribution < 1.29 is 14.3 Å². The van der Waals surface area contributed by atoms with Crippen molar-refractivity contribution >= 4 is 18.6 Å². The average Bonchev–Trinajstić information content (AvgIpc) is 2.62. The highest BCUT2D eigenvalue weighted by atomic mass is 32.1. The van der Waals surface area contributed by atoms with Gasteiger partial charge >= 0.3 is 5.97 Å². The molecule has 0 aliphatic heterocycles. The summed E-state index contributed by atoms with van der Waals surface area (Å²) in [6.07, 6.45) is 1.24. The summed E-state index contributed by atoms with van der Waals surface area (Å²) in [5.74, 6) is 1.75. The quantitative estimate of drug-likeness (QED) is 0.420. The molecule has 0 N–H and O–H groups in total. The van der Waals surface area contributed by atoms with Gasteiger partial charge in [-0.25, -0.2) is 0 Å². The second-order valence-electron chi connectivity index (χ2n) is 6.07. The first kappa shape index (κ1) is 19.4. The fourth-order valence-corrected chi connectivity index (χ4v) is 2.92. The average molecular weight is 359 g/mol. The van der Waals surface area contributed by atoms with E-state index in [2.05, 4.69) is 45.5 Å². The molecule has 0 fully saturated rings. The van der Waals surface area contributed by atoms with Crippen LogP contribution < -0.4 is 9.47 Å². The van der Waals surface area contributed by atoms with Gasteiger partial charge in [-0.3, -0.25) is 4.79 Å². The van der Waals surface area contributed by atoms with Crippen molar-refractivity contribution in [2.45, 2.75) is 52.9 Å². The molecule has 0 atom stereocenters. The van der Waals surface area contributed by atoms with Crippen molar-refractivity contribution in [3.8, 4) is 11.5 Å². The Balaban J connectivity index is 2.31. The molecule has 3 nitrogen and oxygen atoms in total. The van der Waals surface area contributed by atoms with Crippen LogP contribution in [-0.2, 0) is 23.6 Å². The van der Waals surface area contributed by atoms with Gasteiger partial charge in [0.15, 0.2) is 0 Å². The lowest BCUT2D eigenvalue weighted by Crippen LogP contribution is -2.10. The monoisotopic (exact) mass is 358 g/mol. The van der Waals surface area contributed by atoms with Crippen LogP contribution in [0.3, 0.4) is 0 Å². The lowest BCUT2D eigenvalue weighted by atomic mass is 10.0. The van der Waals surface area contributed by atoms with E-state index in [1.54, 1.807) is 13.0 Å². The molecule has 25 heavy (non-hydrogen) atoms. The van der Waals surface area contributed by atoms with E-state index in [0.29, 0.717) is 24.5 Å². The molecule has 0 unspecified atom stereocenters. The summed E-state index contributed by atoms with van der Waals surface area (Å²) < 4.78 is 11.6. The summed E-state index contributed by atoms with van der Waals surface area (Å²) in [5, 5.41) is 0. The molecule has 0 amide bonds. The van der Waals surface area contributed by atoms with Gasteiger partial charge in [-0.2, -0.15) is 12.6 Å². The number of rotatable bonds is 7. The standard InChI is InChI=1S/C21H26O3S/c1-5-16-10-14(3)15(4)11-20(16)23-12-18-17(13-25)8-7-9-19(18)24-21(22)6-2/h7-11,25H,5-6,12-13H2,1-4H3. The molecule has 0 saturated heterocycles. The molecule has 0 spiro atoms. The third kappa shape index (κ3) is 4.79. The molecule has 2 aromatic rings. The van der Waals surface area contributed by atoms with Crippen LogP contribution in [-0.4, -0.2) is 5.97 Å². The Morgan fingerprint density at radius 1 is 1.04 bits per heavy atom. The van der Waals surface area contributed by atoms with Gasteiger partial charge in [0.05, 0.1) is 0 Å². The highest BCUT2D eigenvalue weighted by molar-refractivity contribution is 7.79. The van der Waals surface area contributed by atoms with Crippen molar-refractivity contribution in [2.24, 2.45) is 0 Å². The number of thiol groups is 1. The predicted octanol–water partition coefficient (Wildman–Crippen LogP) is 5.19. The molecule has 0 radical (unpaired) electrons. The third-order valence-corrected chi connectivity index (χ3v) is 4.68. The smallest absolute Gasteiger partial charge is 0.310 e. The van der Waals surface area contributed by atoms with Crippen molar-refractivity contribution in [1.29, 1.82) is 0 Å². The Hall–Kier alpha value is -1.94. The molecule has 0 heterocycles. The van der Waals surface area contributed by atoms with E-state index in [1.807, 2.05) is 12.1 Å². The zero-order valence-corrected chi connectivity index (χ0v) is 16.3. The van der Waals surface area contributed by atoms with E-state index in [0.717, 1.165) is 23.3 Å². The maximum atomic E-state index is 11.7. The van der Waals surface area contributed by atoms with E-state index < -0.39 is 0 Å². The van der Waals surface area contributed by atoms with Gasteiger partial charge in [0.25, 0.3) is 0 Å². The van der Waals surface area contributed by atoms with Crippen molar-refractivity contribution in [2.75, 3.05) is 0 Å². The minimum atomic E-state index is -0.252. The largest absolute Gasteiger partial charge is 0.488 e. The normalized spacial score (nSPS) is 10.6. The maximum Gasteiger partial charge on any atom is 0.310 e. The Kier molecular flexibility index (Phi) is 6.94. The Morgan fingerprint density at radius 3 is 2.40 bits per heavy atom. The highest BCUT2D eigenvalue weighted by Gasteiger charge is 2.14. The van der Waals surface area contributed by atoms with Gasteiger partial charge in [0, 0.05) is 17.7 Å². The number of esters is 1. The molecule has 0 aromatic heterocycles. The van der Waals surface area contributed by atoms with Crippen LogP contribution in [0.25, 0.3) is 0 Å². The van der Waals surface area contributed by atoms with E-state index in [9.17, 15) is 4.79 Å². The minimum Gasteiger partial charge on any atom is -0.488 e. The van der Waals surface area contributed by atoms with Gasteiger partial charge < -0.3 is 9.47 Å². The number of carbonyl (C=O) groups is 1. The SMILES string of the molecule is CCC(=O)Oc1cccc(CS)c1COc1cc(C)c(C)cc1CC. The fourth-order valence-electron chi connectivity index (χ4n) is 2.62. The second-order valence-corrected chi connectivity index (χ2v) is 6.38. The zero-order valence-electron chi connectivity index (χ0n) is 15.4. The van der Waals surface area contributed by atoms with Crippen molar-refractivity contribution in [3.63, 3.8) is 0 Å². The molecule has 0 saturated carbocycles. The second kappa shape index (κ2) is 8.95. The summed E-state index contributed by atoms with van der Waals surface area (Å²) in [6, 6.07) is 9.92. The van der Waals surface area contributed by atoms with Gasteiger partial charge in [-0.05, 0) is 54.7 Å². The number of ether oxygens (including phenoxy) is 2. The summed E-state index contributed by atoms with van der Waals surface area (Å²) >= 11 is 4.39. The minimum absolute atomic E-state index is 0.252. The molecule has 2 rings (SSSR count). The molecule has 134 valence electrons. The van der Waals surface area contributed by atoms with Crippen LogP contribution in [0.4, 0.5) is 0 Å². The molecule has 0 aliphatic rings. The first-order valence-corrected chi connectivity index (χ1v) is 9.28. The van der Waals surface area contributed by atoms with Crippen LogP contribution in [0.5, 0.6) is 11.5 Å². The first-order chi connectivity index (χ1) is 12.0. The Bertz CT molecular complexity index is 753. The van der Waals surface area contributed by atoms with E-state index in [-0.39, 0.29) is 5.97 Å². The molecule has 0 aliphatic carbocycles. The highest BCUT2D eigenvalue weighted by Crippen LogP contribution is 2.29. The molecule has 0 bridgehead atoms. The fraction of sp³-hybridized carbons (Fsp3) is 0.381. The summed E-state index contributed by atoms with van der Waals surface area (Å²) in [7, 11) is 0. The Morgan fingerprint density at radius 2 is 1.76 bits per heavy atom. The van der Waals surface area contributed by atoms with Gasteiger partial charge in [0.2, 0.25) is 0 Å². The summed E-state index contributed by atoms with van der Waals surface area (Å²) in [5.41, 5.74) is 5.52. The van der Waals surface area contributed by atoms with E-state index in [1.165, 1.54) is 16.7 Å². The molecule has 4 heteroatoms. The summed E-state index contributed by atoms with van der Waals surface area (Å²) in [4.78, 5) is 11.7. The Labute approximate surface area is 155 Å². The van der Waals surface area contributed by atoms with Gasteiger partial charge in [0.1, 0.15) is 18.1 Å². The third-order valence-electron chi connectivity index (χ3n) is 4.34. The van der Waals surface area contributed by atoms with E-state index in [4.69, 9.17) is 9.47 Å². The molecular weight excluding hydrogens is 332 g/mol. The predicted molar refractivity (Wildman–Crippen MR) is 105 cm³/mol. The summed E-state index contributed by atoms with van der Waals surface area (Å²) in [6.45, 7) is 8.43. The van der Waals surface area contributed by atoms with Crippen LogP contribution in [0.15, 0.2) is 30.3 Å². The van der Waals surface area contributed by atoms with Gasteiger partial charge in [-0.1, -0.05) is 32.0 Å². The molecule has 2 aromatic carbocycles. The van der Waals surface area contributed by atoms with Crippen LogP contribution in [0.1, 0.15) is 48.1 Å². The number of hydrogen-bond acceptors (Lipinski definition) is 4. The number of aryl methyl sites for hydroxylation is 3.